The third kappa shape index (κ3) is 3.34. The lowest BCUT2D eigenvalue weighted by Crippen LogP contribution is -2.09. The van der Waals surface area contributed by atoms with Gasteiger partial charge in [0.05, 0.1) is 0 Å². The highest BCUT2D eigenvalue weighted by Gasteiger charge is 2.10. The van der Waals surface area contributed by atoms with Crippen molar-refractivity contribution in [3.05, 3.63) is 28.8 Å². The van der Waals surface area contributed by atoms with Crippen molar-refractivity contribution in [3.63, 3.8) is 0 Å². The van der Waals surface area contributed by atoms with E-state index in [9.17, 15) is 4.79 Å². The summed E-state index contributed by atoms with van der Waals surface area (Å²) in [5, 5.41) is 0.817. The molecule has 0 aliphatic carbocycles. The standard InChI is InChI=1S/C13H17BrO2/c1-4-5-12(15)16-13-9(2)6-11(8-14)7-10(13)3/h6-7H,4-5,8H2,1-3H3. The van der Waals surface area contributed by atoms with E-state index in [1.54, 1.807) is 0 Å². The van der Waals surface area contributed by atoms with Gasteiger partial charge < -0.3 is 4.74 Å². The lowest BCUT2D eigenvalue weighted by Gasteiger charge is -2.11. The Kier molecular flexibility index (Phi) is 5.00. The Hall–Kier alpha value is -0.830. The number of hydrogen-bond acceptors (Lipinski definition) is 2. The number of esters is 1. The summed E-state index contributed by atoms with van der Waals surface area (Å²) >= 11 is 3.42. The van der Waals surface area contributed by atoms with Gasteiger partial charge in [0.1, 0.15) is 5.75 Å². The second-order valence-corrected chi connectivity index (χ2v) is 4.48. The van der Waals surface area contributed by atoms with Gasteiger partial charge in [0.2, 0.25) is 0 Å². The fourth-order valence-electron chi connectivity index (χ4n) is 1.65. The van der Waals surface area contributed by atoms with Crippen LogP contribution in [-0.4, -0.2) is 5.97 Å². The number of carbonyl (C=O) groups excluding carboxylic acids is 1. The topological polar surface area (TPSA) is 26.3 Å². The van der Waals surface area contributed by atoms with E-state index in [0.717, 1.165) is 22.9 Å². The molecule has 0 unspecified atom stereocenters. The van der Waals surface area contributed by atoms with E-state index in [4.69, 9.17) is 4.74 Å². The van der Waals surface area contributed by atoms with Gasteiger partial charge in [-0.1, -0.05) is 35.0 Å². The molecule has 0 aliphatic rings. The van der Waals surface area contributed by atoms with E-state index in [1.165, 1.54) is 5.56 Å². The van der Waals surface area contributed by atoms with Crippen molar-refractivity contribution in [1.82, 2.24) is 0 Å². The van der Waals surface area contributed by atoms with Crippen LogP contribution in [0.4, 0.5) is 0 Å². The number of aryl methyl sites for hydroxylation is 2. The average molecular weight is 285 g/mol. The number of halogens is 1. The van der Waals surface area contributed by atoms with Crippen LogP contribution in [-0.2, 0) is 10.1 Å². The molecule has 0 amide bonds. The van der Waals surface area contributed by atoms with Crippen LogP contribution in [0.3, 0.4) is 0 Å². The predicted molar refractivity (Wildman–Crippen MR) is 69.1 cm³/mol. The van der Waals surface area contributed by atoms with Crippen molar-refractivity contribution in [1.29, 1.82) is 0 Å². The molecule has 0 aromatic heterocycles. The lowest BCUT2D eigenvalue weighted by atomic mass is 10.1. The van der Waals surface area contributed by atoms with E-state index < -0.39 is 0 Å². The van der Waals surface area contributed by atoms with Crippen molar-refractivity contribution in [3.8, 4) is 5.75 Å². The second-order valence-electron chi connectivity index (χ2n) is 3.92. The fourth-order valence-corrected chi connectivity index (χ4v) is 1.97. The first-order chi connectivity index (χ1) is 7.58. The van der Waals surface area contributed by atoms with Crippen LogP contribution >= 0.6 is 15.9 Å². The van der Waals surface area contributed by atoms with Gasteiger partial charge in [0.25, 0.3) is 0 Å². The van der Waals surface area contributed by atoms with Crippen LogP contribution in [0.5, 0.6) is 5.75 Å². The van der Waals surface area contributed by atoms with Crippen molar-refractivity contribution in [2.24, 2.45) is 0 Å². The van der Waals surface area contributed by atoms with Gasteiger partial charge in [-0.2, -0.15) is 0 Å². The zero-order valence-corrected chi connectivity index (χ0v) is 11.6. The maximum absolute atomic E-state index is 11.4. The van der Waals surface area contributed by atoms with Crippen LogP contribution in [0.2, 0.25) is 0 Å². The molecule has 88 valence electrons. The molecule has 0 bridgehead atoms. The molecule has 1 aromatic rings. The first-order valence-corrected chi connectivity index (χ1v) is 6.57. The molecule has 0 fully saturated rings. The second kappa shape index (κ2) is 6.04. The zero-order valence-electron chi connectivity index (χ0n) is 9.97. The average Bonchev–Trinajstić information content (AvgIpc) is 2.23. The first kappa shape index (κ1) is 13.2. The molecule has 0 aliphatic heterocycles. The van der Waals surface area contributed by atoms with Gasteiger partial charge >= 0.3 is 5.97 Å². The molecular weight excluding hydrogens is 268 g/mol. The molecule has 0 saturated heterocycles. The monoisotopic (exact) mass is 284 g/mol. The van der Waals surface area contributed by atoms with Gasteiger partial charge in [-0.3, -0.25) is 4.79 Å². The van der Waals surface area contributed by atoms with Crippen LogP contribution in [0.15, 0.2) is 12.1 Å². The third-order valence-electron chi connectivity index (χ3n) is 2.34. The summed E-state index contributed by atoms with van der Waals surface area (Å²) < 4.78 is 5.36. The number of hydrogen-bond donors (Lipinski definition) is 0. The maximum Gasteiger partial charge on any atom is 0.311 e. The molecule has 1 rings (SSSR count). The van der Waals surface area contributed by atoms with Crippen molar-refractivity contribution in [2.75, 3.05) is 0 Å². The van der Waals surface area contributed by atoms with Gasteiger partial charge in [-0.25, -0.2) is 0 Å². The Morgan fingerprint density at radius 1 is 1.31 bits per heavy atom. The van der Waals surface area contributed by atoms with Crippen LogP contribution in [0.25, 0.3) is 0 Å². The summed E-state index contributed by atoms with van der Waals surface area (Å²) in [4.78, 5) is 11.4. The normalized spacial score (nSPS) is 10.2. The Balaban J connectivity index is 2.92. The molecule has 0 saturated carbocycles. The highest BCUT2D eigenvalue weighted by molar-refractivity contribution is 9.08. The summed E-state index contributed by atoms with van der Waals surface area (Å²) in [5.41, 5.74) is 3.23. The molecule has 3 heteroatoms. The summed E-state index contributed by atoms with van der Waals surface area (Å²) in [6.07, 6.45) is 1.29. The van der Waals surface area contributed by atoms with E-state index in [1.807, 2.05) is 32.9 Å². The number of carbonyl (C=O) groups is 1. The van der Waals surface area contributed by atoms with Crippen LogP contribution < -0.4 is 4.74 Å². The van der Waals surface area contributed by atoms with Crippen LogP contribution in [0.1, 0.15) is 36.5 Å². The van der Waals surface area contributed by atoms with E-state index in [2.05, 4.69) is 15.9 Å². The molecule has 16 heavy (non-hydrogen) atoms. The van der Waals surface area contributed by atoms with Gasteiger partial charge in [0, 0.05) is 11.8 Å². The van der Waals surface area contributed by atoms with E-state index >= 15 is 0 Å². The largest absolute Gasteiger partial charge is 0.426 e. The van der Waals surface area contributed by atoms with Gasteiger partial charge in [-0.05, 0) is 37.0 Å². The minimum absolute atomic E-state index is 0.153. The first-order valence-electron chi connectivity index (χ1n) is 5.45. The summed E-state index contributed by atoms with van der Waals surface area (Å²) in [5.74, 6) is 0.559. The van der Waals surface area contributed by atoms with Crippen molar-refractivity contribution in [2.45, 2.75) is 38.9 Å². The lowest BCUT2D eigenvalue weighted by molar-refractivity contribution is -0.134. The maximum atomic E-state index is 11.4. The highest BCUT2D eigenvalue weighted by Crippen LogP contribution is 2.26. The third-order valence-corrected chi connectivity index (χ3v) is 2.99. The Bertz CT molecular complexity index is 363. The number of alkyl halides is 1. The quantitative estimate of drug-likeness (QED) is 0.476. The summed E-state index contributed by atoms with van der Waals surface area (Å²) in [7, 11) is 0. The number of ether oxygens (including phenoxy) is 1. The number of benzene rings is 1. The smallest absolute Gasteiger partial charge is 0.311 e. The Labute approximate surface area is 105 Å². The molecule has 0 radical (unpaired) electrons. The van der Waals surface area contributed by atoms with Crippen LogP contribution in [0, 0.1) is 13.8 Å². The van der Waals surface area contributed by atoms with E-state index in [-0.39, 0.29) is 5.97 Å². The SMILES string of the molecule is CCCC(=O)Oc1c(C)cc(CBr)cc1C. The molecule has 0 heterocycles. The molecule has 0 atom stereocenters. The summed E-state index contributed by atoms with van der Waals surface area (Å²) in [6, 6.07) is 4.08. The molecule has 1 aromatic carbocycles. The number of rotatable bonds is 4. The van der Waals surface area contributed by atoms with Crippen molar-refractivity contribution >= 4 is 21.9 Å². The minimum Gasteiger partial charge on any atom is -0.426 e. The molecule has 0 N–H and O–H groups in total. The molecular formula is C13H17BrO2. The minimum atomic E-state index is -0.153. The predicted octanol–water partition coefficient (Wildman–Crippen LogP) is 3.90. The fraction of sp³-hybridized carbons (Fsp3) is 0.462. The molecule has 0 spiro atoms. The Morgan fingerprint density at radius 3 is 2.31 bits per heavy atom. The highest BCUT2D eigenvalue weighted by atomic mass is 79.9. The van der Waals surface area contributed by atoms with Gasteiger partial charge in [-0.15, -0.1) is 0 Å². The van der Waals surface area contributed by atoms with E-state index in [0.29, 0.717) is 12.2 Å². The zero-order chi connectivity index (χ0) is 12.1. The summed E-state index contributed by atoms with van der Waals surface area (Å²) in [6.45, 7) is 5.90. The molecule has 2 nitrogen and oxygen atoms in total. The Morgan fingerprint density at radius 2 is 1.88 bits per heavy atom. The van der Waals surface area contributed by atoms with Crippen molar-refractivity contribution < 1.29 is 9.53 Å². The van der Waals surface area contributed by atoms with Gasteiger partial charge in [0.15, 0.2) is 0 Å².